The average Bonchev–Trinajstić information content (AvgIpc) is 2.43. The van der Waals surface area contributed by atoms with Crippen LogP contribution in [0.3, 0.4) is 0 Å². The van der Waals surface area contributed by atoms with Gasteiger partial charge >= 0.3 is 0 Å². The summed E-state index contributed by atoms with van der Waals surface area (Å²) in [4.78, 5) is 24.9. The van der Waals surface area contributed by atoms with Gasteiger partial charge < -0.3 is 0 Å². The molecule has 2 atom stereocenters. The zero-order chi connectivity index (χ0) is 19.2. The summed E-state index contributed by atoms with van der Waals surface area (Å²) < 4.78 is 0. The van der Waals surface area contributed by atoms with Crippen molar-refractivity contribution >= 4 is 11.6 Å². The van der Waals surface area contributed by atoms with Gasteiger partial charge in [0.25, 0.3) is 0 Å². The van der Waals surface area contributed by atoms with Gasteiger partial charge in [0.15, 0.2) is 11.6 Å². The van der Waals surface area contributed by atoms with E-state index in [0.717, 1.165) is 6.42 Å². The molecule has 136 valence electrons. The van der Waals surface area contributed by atoms with Crippen LogP contribution in [0.5, 0.6) is 0 Å². The van der Waals surface area contributed by atoms with Gasteiger partial charge in [-0.25, -0.2) is 0 Å². The van der Waals surface area contributed by atoms with E-state index in [1.165, 1.54) is 11.1 Å². The highest BCUT2D eigenvalue weighted by atomic mass is 16.1. The van der Waals surface area contributed by atoms with E-state index >= 15 is 0 Å². The third kappa shape index (κ3) is 4.29. The van der Waals surface area contributed by atoms with Gasteiger partial charge in [0.05, 0.1) is 0 Å². The molecule has 0 saturated carbocycles. The fourth-order valence-electron chi connectivity index (χ4n) is 3.72. The van der Waals surface area contributed by atoms with Crippen molar-refractivity contribution in [2.45, 2.75) is 60.8 Å². The predicted molar refractivity (Wildman–Crippen MR) is 104 cm³/mol. The molecule has 2 unspecified atom stereocenters. The summed E-state index contributed by atoms with van der Waals surface area (Å²) >= 11 is 0. The number of allylic oxidation sites excluding steroid dienone is 6. The van der Waals surface area contributed by atoms with E-state index in [0.29, 0.717) is 24.0 Å². The molecule has 2 aliphatic rings. The van der Waals surface area contributed by atoms with Crippen molar-refractivity contribution in [1.82, 2.24) is 0 Å². The van der Waals surface area contributed by atoms with Crippen molar-refractivity contribution < 1.29 is 9.59 Å². The van der Waals surface area contributed by atoms with Gasteiger partial charge in [-0.3, -0.25) is 9.59 Å². The topological polar surface area (TPSA) is 34.1 Å². The largest absolute Gasteiger partial charge is 0.294 e. The van der Waals surface area contributed by atoms with Gasteiger partial charge in [0.1, 0.15) is 0 Å². The monoisotopic (exact) mass is 340 g/mol. The maximum atomic E-state index is 12.5. The van der Waals surface area contributed by atoms with Gasteiger partial charge in [-0.15, -0.1) is 0 Å². The minimum absolute atomic E-state index is 0.111. The lowest BCUT2D eigenvalue weighted by Gasteiger charge is -2.34. The predicted octanol–water partition coefficient (Wildman–Crippen LogP) is 5.61. The molecule has 2 aliphatic carbocycles. The normalized spacial score (nSPS) is 25.8. The number of ketones is 2. The standard InChI is InChI=1S/C23H32O2/c1-14-9-16(12-18(20(14)24)22(3,4)5)11-17-10-15(2)21(25)19(13-17)23(6,7)8/h12-13,18-19H,1-2,9-11H2,3-8H3. The van der Waals surface area contributed by atoms with Crippen molar-refractivity contribution in [3.8, 4) is 0 Å². The molecule has 0 N–H and O–H groups in total. The van der Waals surface area contributed by atoms with Crippen molar-refractivity contribution in [2.75, 3.05) is 0 Å². The third-order valence-corrected chi connectivity index (χ3v) is 5.27. The maximum Gasteiger partial charge on any atom is 0.165 e. The first-order chi connectivity index (χ1) is 11.3. The zero-order valence-electron chi connectivity index (χ0n) is 16.7. The second-order valence-corrected chi connectivity index (χ2v) is 9.80. The Morgan fingerprint density at radius 3 is 1.40 bits per heavy atom. The quantitative estimate of drug-likeness (QED) is 0.483. The summed E-state index contributed by atoms with van der Waals surface area (Å²) in [7, 11) is 0. The van der Waals surface area contributed by atoms with Crippen molar-refractivity contribution in [2.24, 2.45) is 22.7 Å². The van der Waals surface area contributed by atoms with Crippen LogP contribution in [0.4, 0.5) is 0 Å². The Bertz CT molecular complexity index is 627. The van der Waals surface area contributed by atoms with Gasteiger partial charge in [-0.1, -0.05) is 78.0 Å². The molecule has 0 aromatic rings. The summed E-state index contributed by atoms with van der Waals surface area (Å²) in [5.41, 5.74) is 3.67. The van der Waals surface area contributed by atoms with E-state index in [9.17, 15) is 9.59 Å². The van der Waals surface area contributed by atoms with Crippen LogP contribution in [0.15, 0.2) is 47.6 Å². The van der Waals surface area contributed by atoms with E-state index < -0.39 is 0 Å². The van der Waals surface area contributed by atoms with E-state index in [1.807, 2.05) is 0 Å². The highest BCUT2D eigenvalue weighted by Gasteiger charge is 2.36. The Labute approximate surface area is 152 Å². The molecule has 0 saturated heterocycles. The molecule has 0 heterocycles. The second kappa shape index (κ2) is 6.55. The fraction of sp³-hybridized carbons (Fsp3) is 0.565. The summed E-state index contributed by atoms with van der Waals surface area (Å²) in [5.74, 6) is 0.106. The maximum absolute atomic E-state index is 12.5. The van der Waals surface area contributed by atoms with Gasteiger partial charge in [-0.2, -0.15) is 0 Å². The molecule has 2 nitrogen and oxygen atoms in total. The number of hydrogen-bond donors (Lipinski definition) is 0. The summed E-state index contributed by atoms with van der Waals surface area (Å²) in [6.07, 6.45) is 6.37. The van der Waals surface area contributed by atoms with Gasteiger partial charge in [-0.05, 0) is 41.2 Å². The first kappa shape index (κ1) is 19.6. The first-order valence-electron chi connectivity index (χ1n) is 9.14. The molecule has 0 aromatic carbocycles. The third-order valence-electron chi connectivity index (χ3n) is 5.27. The van der Waals surface area contributed by atoms with Crippen LogP contribution in [0.2, 0.25) is 0 Å². The van der Waals surface area contributed by atoms with E-state index in [-0.39, 0.29) is 34.2 Å². The number of carbonyl (C=O) groups is 2. The van der Waals surface area contributed by atoms with Crippen molar-refractivity contribution in [1.29, 1.82) is 0 Å². The number of hydrogen-bond acceptors (Lipinski definition) is 2. The molecule has 2 rings (SSSR count). The molecule has 0 bridgehead atoms. The molecule has 0 amide bonds. The Hall–Kier alpha value is -1.70. The van der Waals surface area contributed by atoms with Crippen LogP contribution in [0.25, 0.3) is 0 Å². The molecule has 2 heteroatoms. The van der Waals surface area contributed by atoms with Crippen molar-refractivity contribution in [3.63, 3.8) is 0 Å². The van der Waals surface area contributed by atoms with Crippen LogP contribution in [-0.2, 0) is 9.59 Å². The fourth-order valence-corrected chi connectivity index (χ4v) is 3.72. The number of Topliss-reactive ketones (excluding diaryl/α,β-unsaturated/α-hetero) is 2. The van der Waals surface area contributed by atoms with Crippen LogP contribution >= 0.6 is 0 Å². The first-order valence-corrected chi connectivity index (χ1v) is 9.14. The SMILES string of the molecule is C=C1CC(CC2=CC(C(C)(C)C)C(=O)C(=C)C2)=CC(C(C)(C)C)C1=O. The van der Waals surface area contributed by atoms with Gasteiger partial charge in [0, 0.05) is 11.8 Å². The van der Waals surface area contributed by atoms with E-state index in [4.69, 9.17) is 0 Å². The Morgan fingerprint density at radius 2 is 1.12 bits per heavy atom. The van der Waals surface area contributed by atoms with Crippen LogP contribution in [0.1, 0.15) is 60.8 Å². The molecular weight excluding hydrogens is 308 g/mol. The van der Waals surface area contributed by atoms with Crippen LogP contribution in [0, 0.1) is 22.7 Å². The smallest absolute Gasteiger partial charge is 0.165 e. The molecule has 0 radical (unpaired) electrons. The number of rotatable bonds is 2. The lowest BCUT2D eigenvalue weighted by molar-refractivity contribution is -0.121. The zero-order valence-corrected chi connectivity index (χ0v) is 16.7. The minimum Gasteiger partial charge on any atom is -0.294 e. The molecule has 0 aromatic heterocycles. The highest BCUT2D eigenvalue weighted by Crippen LogP contribution is 2.41. The Kier molecular flexibility index (Phi) is 5.14. The summed E-state index contributed by atoms with van der Waals surface area (Å²) in [5, 5.41) is 0. The average molecular weight is 341 g/mol. The van der Waals surface area contributed by atoms with E-state index in [2.05, 4.69) is 66.9 Å². The van der Waals surface area contributed by atoms with E-state index in [1.54, 1.807) is 0 Å². The molecule has 25 heavy (non-hydrogen) atoms. The number of carbonyl (C=O) groups excluding carboxylic acids is 2. The summed E-state index contributed by atoms with van der Waals surface area (Å²) in [6.45, 7) is 20.6. The lowest BCUT2D eigenvalue weighted by atomic mass is 9.69. The van der Waals surface area contributed by atoms with Gasteiger partial charge in [0.2, 0.25) is 0 Å². The molecule has 0 aliphatic heterocycles. The van der Waals surface area contributed by atoms with Crippen molar-refractivity contribution in [3.05, 3.63) is 47.6 Å². The molecule has 0 fully saturated rings. The van der Waals surface area contributed by atoms with Crippen LogP contribution < -0.4 is 0 Å². The Morgan fingerprint density at radius 1 is 0.800 bits per heavy atom. The minimum atomic E-state index is -0.115. The highest BCUT2D eigenvalue weighted by molar-refractivity contribution is 6.00. The molecule has 0 spiro atoms. The Balaban J connectivity index is 2.31. The summed E-state index contributed by atoms with van der Waals surface area (Å²) in [6, 6.07) is 0. The lowest BCUT2D eigenvalue weighted by Crippen LogP contribution is -2.32. The second-order valence-electron chi connectivity index (χ2n) is 9.80. The molecular formula is C23H32O2. The van der Waals surface area contributed by atoms with Crippen LogP contribution in [-0.4, -0.2) is 11.6 Å².